The molecule has 0 bridgehead atoms. The van der Waals surface area contributed by atoms with E-state index in [1.54, 1.807) is 6.34 Å². The van der Waals surface area contributed by atoms with Gasteiger partial charge in [-0.05, 0) is 31.1 Å². The lowest BCUT2D eigenvalue weighted by molar-refractivity contribution is -0.124. The number of carbonyl (C=O) groups is 1. The molecule has 30 heavy (non-hydrogen) atoms. The van der Waals surface area contributed by atoms with Gasteiger partial charge in [0.2, 0.25) is 5.54 Å². The first-order valence-electron chi connectivity index (χ1n) is 10.9. The molecule has 4 rings (SSSR count). The van der Waals surface area contributed by atoms with Crippen LogP contribution in [0.5, 0.6) is 5.75 Å². The SMILES string of the molecule is CCN(CC)CCOc1ccccc1CC12N=CN(C3CCOC3)C1=NCNC2=O. The molecular formula is C22H31N5O3. The number of carbonyl (C=O) groups excluding carboxylic acids is 1. The zero-order chi connectivity index (χ0) is 21.0. The molecule has 8 nitrogen and oxygen atoms in total. The molecule has 2 unspecified atom stereocenters. The third-order valence-corrected chi connectivity index (χ3v) is 6.14. The van der Waals surface area contributed by atoms with E-state index in [0.717, 1.165) is 49.8 Å². The minimum absolute atomic E-state index is 0.108. The average molecular weight is 414 g/mol. The van der Waals surface area contributed by atoms with Crippen LogP contribution in [0.1, 0.15) is 25.8 Å². The zero-order valence-corrected chi connectivity index (χ0v) is 17.8. The van der Waals surface area contributed by atoms with Crippen LogP contribution >= 0.6 is 0 Å². The van der Waals surface area contributed by atoms with Gasteiger partial charge in [0.05, 0.1) is 19.0 Å². The van der Waals surface area contributed by atoms with Gasteiger partial charge in [-0.3, -0.25) is 9.79 Å². The highest BCUT2D eigenvalue weighted by atomic mass is 16.5. The molecule has 1 saturated heterocycles. The number of fused-ring (bicyclic) bond motifs is 1. The molecule has 0 spiro atoms. The van der Waals surface area contributed by atoms with Gasteiger partial charge in [-0.15, -0.1) is 0 Å². The largest absolute Gasteiger partial charge is 0.492 e. The number of likely N-dealkylation sites (N-methyl/N-ethyl adjacent to an activating group) is 1. The van der Waals surface area contributed by atoms with E-state index in [2.05, 4.69) is 29.1 Å². The first-order chi connectivity index (χ1) is 14.7. The van der Waals surface area contributed by atoms with Crippen molar-refractivity contribution in [2.75, 3.05) is 46.1 Å². The third-order valence-electron chi connectivity index (χ3n) is 6.14. The zero-order valence-electron chi connectivity index (χ0n) is 17.8. The predicted octanol–water partition coefficient (Wildman–Crippen LogP) is 1.31. The summed E-state index contributed by atoms with van der Waals surface area (Å²) < 4.78 is 11.7. The first kappa shape index (κ1) is 20.8. The van der Waals surface area contributed by atoms with Crippen molar-refractivity contribution < 1.29 is 14.3 Å². The van der Waals surface area contributed by atoms with Crippen molar-refractivity contribution in [1.29, 1.82) is 0 Å². The van der Waals surface area contributed by atoms with Crippen LogP contribution in [0.2, 0.25) is 0 Å². The van der Waals surface area contributed by atoms with Crippen LogP contribution in [0, 0.1) is 0 Å². The summed E-state index contributed by atoms with van der Waals surface area (Å²) in [5, 5.41) is 2.87. The summed E-state index contributed by atoms with van der Waals surface area (Å²) >= 11 is 0. The maximum atomic E-state index is 13.0. The van der Waals surface area contributed by atoms with Crippen LogP contribution in [0.4, 0.5) is 0 Å². The van der Waals surface area contributed by atoms with E-state index >= 15 is 0 Å². The highest BCUT2D eigenvalue weighted by molar-refractivity contribution is 6.20. The number of hydrogen-bond donors (Lipinski definition) is 1. The third kappa shape index (κ3) is 3.94. The molecule has 2 atom stereocenters. The summed E-state index contributed by atoms with van der Waals surface area (Å²) in [5.41, 5.74) is -0.0809. The maximum Gasteiger partial charge on any atom is 0.257 e. The quantitative estimate of drug-likeness (QED) is 0.660. The predicted molar refractivity (Wildman–Crippen MR) is 116 cm³/mol. The Hall–Kier alpha value is -2.45. The Bertz CT molecular complexity index is 817. The van der Waals surface area contributed by atoms with Crippen LogP contribution in [-0.2, 0) is 16.0 Å². The van der Waals surface area contributed by atoms with E-state index < -0.39 is 5.54 Å². The highest BCUT2D eigenvalue weighted by Gasteiger charge is 2.52. The normalized spacial score (nSPS) is 25.4. The van der Waals surface area contributed by atoms with Gasteiger partial charge in [0.15, 0.2) is 0 Å². The minimum atomic E-state index is -1.04. The molecule has 1 aromatic rings. The van der Waals surface area contributed by atoms with E-state index in [9.17, 15) is 4.79 Å². The topological polar surface area (TPSA) is 78.8 Å². The first-order valence-corrected chi connectivity index (χ1v) is 10.9. The maximum absolute atomic E-state index is 13.0. The summed E-state index contributed by atoms with van der Waals surface area (Å²) in [7, 11) is 0. The number of benzene rings is 1. The lowest BCUT2D eigenvalue weighted by Crippen LogP contribution is -2.59. The van der Waals surface area contributed by atoms with Crippen molar-refractivity contribution in [1.82, 2.24) is 15.1 Å². The molecule has 162 valence electrons. The van der Waals surface area contributed by atoms with Crippen molar-refractivity contribution in [3.05, 3.63) is 29.8 Å². The molecule has 1 amide bonds. The fraction of sp³-hybridized carbons (Fsp3) is 0.591. The summed E-state index contributed by atoms with van der Waals surface area (Å²) in [6.07, 6.45) is 3.10. The Labute approximate surface area is 178 Å². The van der Waals surface area contributed by atoms with Gasteiger partial charge in [0.1, 0.15) is 24.9 Å². The summed E-state index contributed by atoms with van der Waals surface area (Å²) in [6.45, 7) is 9.42. The Balaban J connectivity index is 1.54. The number of para-hydroxylation sites is 1. The second-order valence-electron chi connectivity index (χ2n) is 7.84. The molecule has 0 aliphatic carbocycles. The van der Waals surface area contributed by atoms with E-state index in [1.165, 1.54) is 0 Å². The summed E-state index contributed by atoms with van der Waals surface area (Å²) in [4.78, 5) is 26.8. The Morgan fingerprint density at radius 3 is 2.93 bits per heavy atom. The highest BCUT2D eigenvalue weighted by Crippen LogP contribution is 2.33. The van der Waals surface area contributed by atoms with Gasteiger partial charge in [-0.1, -0.05) is 32.0 Å². The molecule has 0 aromatic heterocycles. The molecule has 1 N–H and O–H groups in total. The van der Waals surface area contributed by atoms with E-state index in [0.29, 0.717) is 19.6 Å². The van der Waals surface area contributed by atoms with Crippen LogP contribution in [0.3, 0.4) is 0 Å². The van der Waals surface area contributed by atoms with Gasteiger partial charge >= 0.3 is 0 Å². The second kappa shape index (κ2) is 9.14. The summed E-state index contributed by atoms with van der Waals surface area (Å²) in [6, 6.07) is 8.09. The molecule has 0 radical (unpaired) electrons. The van der Waals surface area contributed by atoms with Crippen molar-refractivity contribution in [2.24, 2.45) is 9.98 Å². The number of ether oxygens (including phenoxy) is 2. The van der Waals surface area contributed by atoms with Crippen molar-refractivity contribution in [3.63, 3.8) is 0 Å². The standard InChI is InChI=1S/C22H31N5O3/c1-3-26(4-2)10-12-30-19-8-6-5-7-17(19)13-22-20(23-15-24-21(22)28)27(16-25-22)18-9-11-29-14-18/h5-8,16,18H,3-4,9-15H2,1-2H3,(H,24,28). The monoisotopic (exact) mass is 413 g/mol. The molecule has 3 heterocycles. The van der Waals surface area contributed by atoms with E-state index in [1.807, 2.05) is 29.2 Å². The number of nitrogens with zero attached hydrogens (tertiary/aromatic N) is 4. The number of hydrogen-bond acceptors (Lipinski definition) is 7. The molecule has 8 heteroatoms. The molecule has 1 aromatic carbocycles. The van der Waals surface area contributed by atoms with Gasteiger partial charge < -0.3 is 24.6 Å². The lowest BCUT2D eigenvalue weighted by Gasteiger charge is -2.34. The number of aliphatic imine (C=N–C) groups is 2. The number of amides is 1. The Kier molecular flexibility index (Phi) is 6.34. The Morgan fingerprint density at radius 1 is 1.33 bits per heavy atom. The fourth-order valence-electron chi connectivity index (χ4n) is 4.30. The van der Waals surface area contributed by atoms with Gasteiger partial charge in [0.25, 0.3) is 5.91 Å². The molecule has 0 saturated carbocycles. The van der Waals surface area contributed by atoms with Crippen LogP contribution in [0.15, 0.2) is 34.3 Å². The average Bonchev–Trinajstić information content (AvgIpc) is 3.41. The second-order valence-corrected chi connectivity index (χ2v) is 7.84. The number of rotatable bonds is 9. The van der Waals surface area contributed by atoms with Crippen LogP contribution < -0.4 is 10.1 Å². The van der Waals surface area contributed by atoms with Gasteiger partial charge in [0, 0.05) is 19.6 Å². The van der Waals surface area contributed by atoms with Crippen molar-refractivity contribution >= 4 is 18.1 Å². The van der Waals surface area contributed by atoms with Gasteiger partial charge in [-0.25, -0.2) is 4.99 Å². The minimum Gasteiger partial charge on any atom is -0.492 e. The van der Waals surface area contributed by atoms with Crippen molar-refractivity contribution in [3.8, 4) is 5.75 Å². The lowest BCUT2D eigenvalue weighted by atomic mass is 9.87. The summed E-state index contributed by atoms with van der Waals surface area (Å²) in [5.74, 6) is 1.41. The van der Waals surface area contributed by atoms with Crippen molar-refractivity contribution in [2.45, 2.75) is 38.3 Å². The molecule has 1 fully saturated rings. The number of amidine groups is 1. The molecule has 3 aliphatic heterocycles. The smallest absolute Gasteiger partial charge is 0.257 e. The van der Waals surface area contributed by atoms with Crippen LogP contribution in [-0.4, -0.2) is 85.6 Å². The van der Waals surface area contributed by atoms with E-state index in [4.69, 9.17) is 14.5 Å². The molecule has 3 aliphatic rings. The van der Waals surface area contributed by atoms with E-state index in [-0.39, 0.29) is 18.6 Å². The van der Waals surface area contributed by atoms with Crippen LogP contribution in [0.25, 0.3) is 0 Å². The molecular weight excluding hydrogens is 382 g/mol. The number of nitrogens with one attached hydrogen (secondary N) is 1. The van der Waals surface area contributed by atoms with Gasteiger partial charge in [-0.2, -0.15) is 0 Å². The fourth-order valence-corrected chi connectivity index (χ4v) is 4.30. The Morgan fingerprint density at radius 2 is 2.17 bits per heavy atom.